The zero-order valence-corrected chi connectivity index (χ0v) is 15.3. The number of hydrogen-bond acceptors (Lipinski definition) is 5. The van der Waals surface area contributed by atoms with Crippen LogP contribution < -0.4 is 0 Å². The van der Waals surface area contributed by atoms with Crippen molar-refractivity contribution in [3.05, 3.63) is 53.5 Å². The number of ether oxygens (including phenoxy) is 1. The molecule has 3 rings (SSSR count). The summed E-state index contributed by atoms with van der Waals surface area (Å²) in [6.07, 6.45) is 3.48. The van der Waals surface area contributed by atoms with E-state index in [0.29, 0.717) is 23.6 Å². The minimum absolute atomic E-state index is 0.0681. The smallest absolute Gasteiger partial charge is 0.339 e. The molecule has 0 spiro atoms. The quantitative estimate of drug-likeness (QED) is 0.746. The predicted octanol–water partition coefficient (Wildman–Crippen LogP) is 3.52. The van der Waals surface area contributed by atoms with Gasteiger partial charge in [-0.1, -0.05) is 12.1 Å². The van der Waals surface area contributed by atoms with Crippen molar-refractivity contribution in [3.8, 4) is 0 Å². The van der Waals surface area contributed by atoms with Crippen molar-refractivity contribution in [2.24, 2.45) is 0 Å². The molecule has 1 saturated heterocycles. The maximum Gasteiger partial charge on any atom is 0.339 e. The zero-order valence-electron chi connectivity index (χ0n) is 14.5. The number of carboxylic acids is 1. The first-order valence-electron chi connectivity index (χ1n) is 8.45. The minimum Gasteiger partial charge on any atom is -0.478 e. The summed E-state index contributed by atoms with van der Waals surface area (Å²) in [6, 6.07) is 8.77. The van der Waals surface area contributed by atoms with Gasteiger partial charge in [0.25, 0.3) is 5.91 Å². The van der Waals surface area contributed by atoms with Crippen LogP contribution in [-0.4, -0.2) is 48.2 Å². The van der Waals surface area contributed by atoms with Crippen molar-refractivity contribution in [1.29, 1.82) is 0 Å². The molecule has 2 heterocycles. The molecule has 0 unspecified atom stereocenters. The van der Waals surface area contributed by atoms with Gasteiger partial charge in [0, 0.05) is 25.1 Å². The predicted molar refractivity (Wildman–Crippen MR) is 97.6 cm³/mol. The first-order valence-corrected chi connectivity index (χ1v) is 9.43. The molecule has 0 bridgehead atoms. The Morgan fingerprint density at radius 2 is 2.08 bits per heavy atom. The third-order valence-electron chi connectivity index (χ3n) is 4.30. The highest BCUT2D eigenvalue weighted by molar-refractivity contribution is 7.98. The fourth-order valence-corrected chi connectivity index (χ4v) is 3.93. The minimum atomic E-state index is -1.02. The number of benzene rings is 1. The largest absolute Gasteiger partial charge is 0.478 e. The van der Waals surface area contributed by atoms with Gasteiger partial charge in [-0.2, -0.15) is 0 Å². The van der Waals surface area contributed by atoms with Gasteiger partial charge in [-0.05, 0) is 31.0 Å². The standard InChI is InChI=1S/C19H21NO5S/c1-20(11-13-5-4-9-24-13)18(21)15-6-2-3-7-17(15)26-12-16-14(19(22)23)8-10-25-16/h2-3,6-8,10,13H,4-5,9,11-12H2,1H3,(H,22,23)/t13-/m0/s1. The van der Waals surface area contributed by atoms with Crippen LogP contribution in [0.4, 0.5) is 0 Å². The van der Waals surface area contributed by atoms with Crippen molar-refractivity contribution in [3.63, 3.8) is 0 Å². The maximum atomic E-state index is 12.8. The van der Waals surface area contributed by atoms with E-state index < -0.39 is 5.97 Å². The normalized spacial score (nSPS) is 16.6. The number of thioether (sulfide) groups is 1. The van der Waals surface area contributed by atoms with Crippen LogP contribution in [0.3, 0.4) is 0 Å². The lowest BCUT2D eigenvalue weighted by Gasteiger charge is -2.22. The number of carbonyl (C=O) groups is 2. The van der Waals surface area contributed by atoms with Crippen molar-refractivity contribution >= 4 is 23.6 Å². The third kappa shape index (κ3) is 4.28. The molecule has 1 fully saturated rings. The molecule has 6 nitrogen and oxygen atoms in total. The van der Waals surface area contributed by atoms with Crippen molar-refractivity contribution in [2.45, 2.75) is 29.6 Å². The molecule has 1 aromatic heterocycles. The first kappa shape index (κ1) is 18.5. The lowest BCUT2D eigenvalue weighted by molar-refractivity contribution is 0.0584. The highest BCUT2D eigenvalue weighted by Crippen LogP contribution is 2.29. The van der Waals surface area contributed by atoms with E-state index in [1.165, 1.54) is 24.1 Å². The zero-order chi connectivity index (χ0) is 18.5. The summed E-state index contributed by atoms with van der Waals surface area (Å²) in [5, 5.41) is 9.16. The topological polar surface area (TPSA) is 80.0 Å². The number of hydrogen-bond donors (Lipinski definition) is 1. The van der Waals surface area contributed by atoms with Crippen LogP contribution in [0.1, 0.15) is 39.3 Å². The van der Waals surface area contributed by atoms with Gasteiger partial charge < -0.3 is 19.2 Å². The number of furan rings is 1. The number of aromatic carboxylic acids is 1. The van der Waals surface area contributed by atoms with Crippen LogP contribution in [0.25, 0.3) is 0 Å². The molecule has 0 radical (unpaired) electrons. The average Bonchev–Trinajstić information content (AvgIpc) is 3.31. The molecule has 0 saturated carbocycles. The molecule has 138 valence electrons. The molecule has 1 N–H and O–H groups in total. The molecule has 0 aliphatic carbocycles. The second kappa shape index (κ2) is 8.42. The second-order valence-corrected chi connectivity index (χ2v) is 7.19. The summed E-state index contributed by atoms with van der Waals surface area (Å²) in [7, 11) is 1.78. The number of carbonyl (C=O) groups excluding carboxylic acids is 1. The number of amides is 1. The highest BCUT2D eigenvalue weighted by Gasteiger charge is 2.22. The van der Waals surface area contributed by atoms with Gasteiger partial charge in [0.1, 0.15) is 11.3 Å². The lowest BCUT2D eigenvalue weighted by atomic mass is 10.2. The number of likely N-dealkylation sites (N-methyl/N-ethyl adjacent to an activating group) is 1. The summed E-state index contributed by atoms with van der Waals surface area (Å²) < 4.78 is 10.9. The van der Waals surface area contributed by atoms with Gasteiger partial charge >= 0.3 is 5.97 Å². The summed E-state index contributed by atoms with van der Waals surface area (Å²) in [6.45, 7) is 1.33. The Bertz CT molecular complexity index is 782. The van der Waals surface area contributed by atoms with Crippen molar-refractivity contribution < 1.29 is 23.8 Å². The Kier molecular flexibility index (Phi) is 6.00. The van der Waals surface area contributed by atoms with Crippen LogP contribution in [0.2, 0.25) is 0 Å². The second-order valence-electron chi connectivity index (χ2n) is 6.17. The van der Waals surface area contributed by atoms with E-state index in [9.17, 15) is 9.59 Å². The molecule has 26 heavy (non-hydrogen) atoms. The summed E-state index contributed by atoms with van der Waals surface area (Å²) >= 11 is 1.39. The SMILES string of the molecule is CN(C[C@@H]1CCCO1)C(=O)c1ccccc1SCc1occc1C(=O)O. The summed E-state index contributed by atoms with van der Waals surface area (Å²) in [4.78, 5) is 26.5. The Balaban J connectivity index is 1.70. The van der Waals surface area contributed by atoms with E-state index >= 15 is 0 Å². The maximum absolute atomic E-state index is 12.8. The Labute approximate surface area is 156 Å². The van der Waals surface area contributed by atoms with Crippen LogP contribution in [0.15, 0.2) is 45.9 Å². The first-order chi connectivity index (χ1) is 12.6. The number of nitrogens with zero attached hydrogens (tertiary/aromatic N) is 1. The van der Waals surface area contributed by atoms with Gasteiger partial charge in [-0.3, -0.25) is 4.79 Å². The lowest BCUT2D eigenvalue weighted by Crippen LogP contribution is -2.34. The van der Waals surface area contributed by atoms with Gasteiger partial charge in [0.15, 0.2) is 0 Å². The molecule has 1 aliphatic heterocycles. The molecular formula is C19H21NO5S. The van der Waals surface area contributed by atoms with E-state index in [0.717, 1.165) is 24.3 Å². The van der Waals surface area contributed by atoms with Crippen LogP contribution >= 0.6 is 11.8 Å². The molecule has 7 heteroatoms. The van der Waals surface area contributed by atoms with Crippen molar-refractivity contribution in [2.75, 3.05) is 20.2 Å². The van der Waals surface area contributed by atoms with E-state index in [4.69, 9.17) is 14.3 Å². The van der Waals surface area contributed by atoms with Gasteiger partial charge in [-0.25, -0.2) is 4.79 Å². The fourth-order valence-electron chi connectivity index (χ4n) is 2.94. The summed E-state index contributed by atoms with van der Waals surface area (Å²) in [5.41, 5.74) is 0.748. The fraction of sp³-hybridized carbons (Fsp3) is 0.368. The van der Waals surface area contributed by atoms with E-state index in [1.54, 1.807) is 18.0 Å². The van der Waals surface area contributed by atoms with Gasteiger partial charge in [0.05, 0.1) is 23.7 Å². The van der Waals surface area contributed by atoms with Gasteiger partial charge in [-0.15, -0.1) is 11.8 Å². The molecule has 1 amide bonds. The average molecular weight is 375 g/mol. The van der Waals surface area contributed by atoms with Crippen molar-refractivity contribution in [1.82, 2.24) is 4.90 Å². The molecule has 1 aromatic carbocycles. The third-order valence-corrected chi connectivity index (χ3v) is 5.37. The van der Waals surface area contributed by atoms with E-state index in [2.05, 4.69) is 0 Å². The molecule has 1 atom stereocenters. The Morgan fingerprint density at radius 1 is 1.27 bits per heavy atom. The number of carboxylic acid groups (broad SMARTS) is 1. The summed E-state index contributed by atoms with van der Waals surface area (Å²) in [5.74, 6) is -0.358. The van der Waals surface area contributed by atoms with Crippen LogP contribution in [0, 0.1) is 0 Å². The van der Waals surface area contributed by atoms with Crippen LogP contribution in [0.5, 0.6) is 0 Å². The molecule has 1 aliphatic rings. The van der Waals surface area contributed by atoms with E-state index in [-0.39, 0.29) is 17.6 Å². The molecular weight excluding hydrogens is 354 g/mol. The van der Waals surface area contributed by atoms with Crippen LogP contribution in [-0.2, 0) is 10.5 Å². The van der Waals surface area contributed by atoms with E-state index in [1.807, 2.05) is 18.2 Å². The van der Waals surface area contributed by atoms with Gasteiger partial charge in [0.2, 0.25) is 0 Å². The monoisotopic (exact) mass is 375 g/mol. The number of rotatable bonds is 7. The molecule has 2 aromatic rings. The highest BCUT2D eigenvalue weighted by atomic mass is 32.2. The Morgan fingerprint density at radius 3 is 2.81 bits per heavy atom. The Hall–Kier alpha value is -2.25.